The van der Waals surface area contributed by atoms with E-state index in [1.807, 2.05) is 12.1 Å². The fourth-order valence-electron chi connectivity index (χ4n) is 2.77. The van der Waals surface area contributed by atoms with Crippen molar-refractivity contribution in [1.82, 2.24) is 4.57 Å². The van der Waals surface area contributed by atoms with Crippen molar-refractivity contribution < 1.29 is 9.90 Å². The van der Waals surface area contributed by atoms with Gasteiger partial charge in [0, 0.05) is 17.4 Å². The number of nitrogens with zero attached hydrogens (tertiary/aromatic N) is 1. The van der Waals surface area contributed by atoms with E-state index < -0.39 is 5.97 Å². The van der Waals surface area contributed by atoms with Crippen LogP contribution in [0.3, 0.4) is 0 Å². The summed E-state index contributed by atoms with van der Waals surface area (Å²) in [5, 5.41) is 12.9. The van der Waals surface area contributed by atoms with E-state index >= 15 is 0 Å². The summed E-state index contributed by atoms with van der Waals surface area (Å²) in [6, 6.07) is 14.5. The summed E-state index contributed by atoms with van der Waals surface area (Å²) in [4.78, 5) is 12.0. The summed E-state index contributed by atoms with van der Waals surface area (Å²) in [5.41, 5.74) is 5.54. The van der Waals surface area contributed by atoms with Crippen molar-refractivity contribution in [1.29, 1.82) is 0 Å². The Labute approximate surface area is 139 Å². The summed E-state index contributed by atoms with van der Waals surface area (Å²) >= 11 is 1.68. The quantitative estimate of drug-likeness (QED) is 0.721. The van der Waals surface area contributed by atoms with Crippen molar-refractivity contribution in [2.24, 2.45) is 0 Å². The topological polar surface area (TPSA) is 45.1 Å². The second-order valence-corrected chi connectivity index (χ2v) is 6.63. The Kier molecular flexibility index (Phi) is 4.35. The standard InChI is InChI=1S/C19H19NO2S/c1-13-5-6-14(2)17(12-13)20-15(8-10-19(21)22)7-9-16(20)18-4-3-11-23-18/h3-7,9,11-12H,8,10H2,1-2H3,(H,21,22)/p-1. The normalized spacial score (nSPS) is 10.9. The van der Waals surface area contributed by atoms with Crippen LogP contribution < -0.4 is 5.11 Å². The molecule has 118 valence electrons. The van der Waals surface area contributed by atoms with Crippen molar-refractivity contribution in [2.45, 2.75) is 26.7 Å². The zero-order valence-electron chi connectivity index (χ0n) is 13.2. The highest BCUT2D eigenvalue weighted by Gasteiger charge is 2.14. The number of benzene rings is 1. The summed E-state index contributed by atoms with van der Waals surface area (Å²) in [7, 11) is 0. The van der Waals surface area contributed by atoms with Gasteiger partial charge >= 0.3 is 0 Å². The highest BCUT2D eigenvalue weighted by molar-refractivity contribution is 7.13. The van der Waals surface area contributed by atoms with Crippen LogP contribution in [0.4, 0.5) is 0 Å². The zero-order chi connectivity index (χ0) is 16.4. The average molecular weight is 324 g/mol. The molecule has 1 aromatic carbocycles. The molecule has 0 N–H and O–H groups in total. The zero-order valence-corrected chi connectivity index (χ0v) is 14.0. The molecule has 0 atom stereocenters. The van der Waals surface area contributed by atoms with Crippen LogP contribution in [0.25, 0.3) is 16.3 Å². The molecule has 3 nitrogen and oxygen atoms in total. The first-order valence-corrected chi connectivity index (χ1v) is 8.46. The first-order valence-electron chi connectivity index (χ1n) is 7.58. The molecule has 0 unspecified atom stereocenters. The fourth-order valence-corrected chi connectivity index (χ4v) is 3.51. The number of hydrogen-bond acceptors (Lipinski definition) is 3. The van der Waals surface area contributed by atoms with Gasteiger partial charge in [-0.1, -0.05) is 18.2 Å². The molecule has 0 aliphatic rings. The molecule has 0 bridgehead atoms. The lowest BCUT2D eigenvalue weighted by Gasteiger charge is -2.16. The molecule has 0 saturated carbocycles. The van der Waals surface area contributed by atoms with Crippen LogP contribution in [0, 0.1) is 13.8 Å². The summed E-state index contributed by atoms with van der Waals surface area (Å²) in [5.74, 6) is -1.02. The first-order chi connectivity index (χ1) is 11.1. The van der Waals surface area contributed by atoms with E-state index in [1.165, 1.54) is 16.0 Å². The predicted octanol–water partition coefficient (Wildman–Crippen LogP) is 3.51. The van der Waals surface area contributed by atoms with Crippen LogP contribution in [-0.4, -0.2) is 10.5 Å². The van der Waals surface area contributed by atoms with Gasteiger partial charge in [0.05, 0.1) is 10.6 Å². The number of hydrogen-bond donors (Lipinski definition) is 0. The van der Waals surface area contributed by atoms with Crippen LogP contribution in [0.2, 0.25) is 0 Å². The molecule has 0 spiro atoms. The lowest BCUT2D eigenvalue weighted by atomic mass is 10.1. The van der Waals surface area contributed by atoms with E-state index in [0.29, 0.717) is 6.42 Å². The van der Waals surface area contributed by atoms with Gasteiger partial charge in [-0.15, -0.1) is 11.3 Å². The maximum absolute atomic E-state index is 10.9. The third-order valence-electron chi connectivity index (χ3n) is 3.93. The van der Waals surface area contributed by atoms with Crippen LogP contribution in [0.15, 0.2) is 47.8 Å². The van der Waals surface area contributed by atoms with E-state index in [0.717, 1.165) is 17.1 Å². The molecule has 0 amide bonds. The monoisotopic (exact) mass is 324 g/mol. The Balaban J connectivity index is 2.16. The van der Waals surface area contributed by atoms with Gasteiger partial charge in [0.25, 0.3) is 0 Å². The lowest BCUT2D eigenvalue weighted by Crippen LogP contribution is -2.22. The molecular weight excluding hydrogens is 306 g/mol. The second-order valence-electron chi connectivity index (χ2n) is 5.68. The van der Waals surface area contributed by atoms with E-state index in [-0.39, 0.29) is 6.42 Å². The van der Waals surface area contributed by atoms with E-state index in [4.69, 9.17) is 0 Å². The summed E-state index contributed by atoms with van der Waals surface area (Å²) in [6.07, 6.45) is 0.486. The smallest absolute Gasteiger partial charge is 0.0631 e. The molecular formula is C19H18NO2S-. The van der Waals surface area contributed by atoms with Gasteiger partial charge in [-0.05, 0) is 67.5 Å². The third-order valence-corrected chi connectivity index (χ3v) is 4.82. The minimum Gasteiger partial charge on any atom is -0.550 e. The number of aromatic nitrogens is 1. The van der Waals surface area contributed by atoms with Crippen LogP contribution in [-0.2, 0) is 11.2 Å². The van der Waals surface area contributed by atoms with Crippen LogP contribution >= 0.6 is 11.3 Å². The van der Waals surface area contributed by atoms with E-state index in [9.17, 15) is 9.90 Å². The molecule has 3 aromatic rings. The highest BCUT2D eigenvalue weighted by Crippen LogP contribution is 2.32. The number of aliphatic carboxylic acids is 1. The predicted molar refractivity (Wildman–Crippen MR) is 91.9 cm³/mol. The van der Waals surface area contributed by atoms with Crippen molar-refractivity contribution in [3.63, 3.8) is 0 Å². The minimum absolute atomic E-state index is 0.0265. The number of aryl methyl sites for hydroxylation is 3. The number of carbonyl (C=O) groups is 1. The molecule has 0 radical (unpaired) electrons. The average Bonchev–Trinajstić information content (AvgIpc) is 3.16. The summed E-state index contributed by atoms with van der Waals surface area (Å²) < 4.78 is 2.18. The van der Waals surface area contributed by atoms with Crippen molar-refractivity contribution in [2.75, 3.05) is 0 Å². The molecule has 2 aromatic heterocycles. The molecule has 2 heterocycles. The Hall–Kier alpha value is -2.33. The minimum atomic E-state index is -1.02. The van der Waals surface area contributed by atoms with Gasteiger partial charge in [-0.3, -0.25) is 0 Å². The maximum atomic E-state index is 10.9. The summed E-state index contributed by atoms with van der Waals surface area (Å²) in [6.45, 7) is 4.15. The molecule has 3 rings (SSSR count). The first kappa shape index (κ1) is 15.6. The number of carboxylic acid groups (broad SMARTS) is 1. The Morgan fingerprint density at radius 3 is 2.70 bits per heavy atom. The maximum Gasteiger partial charge on any atom is 0.0631 e. The van der Waals surface area contributed by atoms with Gasteiger partial charge in [0.2, 0.25) is 0 Å². The van der Waals surface area contributed by atoms with Crippen LogP contribution in [0.1, 0.15) is 23.2 Å². The van der Waals surface area contributed by atoms with Gasteiger partial charge in [-0.2, -0.15) is 0 Å². The van der Waals surface area contributed by atoms with Crippen LogP contribution in [0.5, 0.6) is 0 Å². The Bertz CT molecular complexity index is 831. The number of carboxylic acids is 1. The van der Waals surface area contributed by atoms with Crippen molar-refractivity contribution >= 4 is 17.3 Å². The fraction of sp³-hybridized carbons (Fsp3) is 0.211. The molecule has 0 saturated heterocycles. The molecule has 4 heteroatoms. The number of thiophene rings is 1. The number of rotatable bonds is 5. The highest BCUT2D eigenvalue weighted by atomic mass is 32.1. The molecule has 0 aliphatic carbocycles. The lowest BCUT2D eigenvalue weighted by molar-refractivity contribution is -0.305. The van der Waals surface area contributed by atoms with Gasteiger partial charge in [-0.25, -0.2) is 0 Å². The third kappa shape index (κ3) is 3.22. The number of carbonyl (C=O) groups excluding carboxylic acids is 1. The van der Waals surface area contributed by atoms with E-state index in [2.05, 4.69) is 54.1 Å². The Morgan fingerprint density at radius 1 is 1.17 bits per heavy atom. The molecule has 23 heavy (non-hydrogen) atoms. The molecule has 0 fully saturated rings. The van der Waals surface area contributed by atoms with Gasteiger partial charge in [0.15, 0.2) is 0 Å². The van der Waals surface area contributed by atoms with Gasteiger partial charge < -0.3 is 14.5 Å². The van der Waals surface area contributed by atoms with Gasteiger partial charge in [0.1, 0.15) is 0 Å². The second kappa shape index (κ2) is 6.42. The largest absolute Gasteiger partial charge is 0.550 e. The van der Waals surface area contributed by atoms with Crippen molar-refractivity contribution in [3.8, 4) is 16.3 Å². The SMILES string of the molecule is Cc1ccc(C)c(-n2c(CCC(=O)[O-])ccc2-c2cccs2)c1. The molecule has 0 aliphatic heterocycles. The van der Waals surface area contributed by atoms with E-state index in [1.54, 1.807) is 11.3 Å². The Morgan fingerprint density at radius 2 is 2.00 bits per heavy atom. The van der Waals surface area contributed by atoms with Crippen molar-refractivity contribution in [3.05, 3.63) is 64.7 Å².